The summed E-state index contributed by atoms with van der Waals surface area (Å²) in [5, 5.41) is 2.51. The van der Waals surface area contributed by atoms with Gasteiger partial charge in [0.15, 0.2) is 0 Å². The smallest absolute Gasteiger partial charge is 0.325 e. The van der Waals surface area contributed by atoms with Gasteiger partial charge in [-0.15, -0.1) is 0 Å². The molecule has 2 aromatic carbocycles. The van der Waals surface area contributed by atoms with Crippen LogP contribution in [0.1, 0.15) is 49.0 Å². The molecular weight excluding hydrogens is 392 g/mol. The molecule has 0 aliphatic rings. The monoisotopic (exact) mass is 420 g/mol. The number of esters is 1. The molecule has 6 nitrogen and oxygen atoms in total. The van der Waals surface area contributed by atoms with Gasteiger partial charge in [-0.05, 0) is 49.7 Å². The van der Waals surface area contributed by atoms with E-state index in [1.165, 1.54) is 0 Å². The van der Waals surface area contributed by atoms with Crippen LogP contribution < -0.4 is 10.2 Å². The van der Waals surface area contributed by atoms with Crippen molar-refractivity contribution in [2.24, 2.45) is 0 Å². The van der Waals surface area contributed by atoms with Gasteiger partial charge in [-0.1, -0.05) is 43.4 Å². The number of hydrogen-bond donors (Lipinski definition) is 1. The van der Waals surface area contributed by atoms with E-state index in [4.69, 9.17) is 4.74 Å². The number of carbonyl (C=O) groups excluding carboxylic acids is 3. The van der Waals surface area contributed by atoms with Gasteiger partial charge in [-0.2, -0.15) is 0 Å². The van der Waals surface area contributed by atoms with Crippen molar-refractivity contribution in [3.63, 3.8) is 0 Å². The first-order chi connectivity index (χ1) is 15.0. The maximum atomic E-state index is 12.6. The number of ether oxygens (including phenoxy) is 1. The minimum Gasteiger partial charge on any atom is -0.465 e. The van der Waals surface area contributed by atoms with E-state index in [0.717, 1.165) is 24.1 Å². The van der Waals surface area contributed by atoms with Gasteiger partial charge < -0.3 is 15.0 Å². The molecule has 0 radical (unpaired) electrons. The molecule has 0 fully saturated rings. The van der Waals surface area contributed by atoms with Crippen LogP contribution in [-0.4, -0.2) is 37.5 Å². The standard InChI is InChI=1S/C25H28N2O4/c1-3-5-13-23(28)27(22-11-7-6-8-12-22)18-9-10-20-14-16-21(17-15-20)25(30)26-19-24(29)31-4-2/h6-8,11-12,14-17H,3-5,13,18-19H2,1-2H3,(H,26,30). The van der Waals surface area contributed by atoms with E-state index >= 15 is 0 Å². The highest BCUT2D eigenvalue weighted by Crippen LogP contribution is 2.15. The van der Waals surface area contributed by atoms with Crippen LogP contribution in [0.5, 0.6) is 0 Å². The van der Waals surface area contributed by atoms with Crippen molar-refractivity contribution in [1.29, 1.82) is 0 Å². The van der Waals surface area contributed by atoms with Gasteiger partial charge in [0.05, 0.1) is 13.2 Å². The number of anilines is 1. The lowest BCUT2D eigenvalue weighted by atomic mass is 10.1. The zero-order valence-corrected chi connectivity index (χ0v) is 18.0. The van der Waals surface area contributed by atoms with E-state index in [1.807, 2.05) is 30.3 Å². The number of para-hydroxylation sites is 1. The third-order valence-electron chi connectivity index (χ3n) is 4.43. The molecule has 0 aliphatic heterocycles. The van der Waals surface area contributed by atoms with Crippen LogP contribution in [0.15, 0.2) is 54.6 Å². The first-order valence-electron chi connectivity index (χ1n) is 10.4. The van der Waals surface area contributed by atoms with E-state index in [0.29, 0.717) is 12.0 Å². The largest absolute Gasteiger partial charge is 0.465 e. The van der Waals surface area contributed by atoms with E-state index in [9.17, 15) is 14.4 Å². The van der Waals surface area contributed by atoms with Gasteiger partial charge in [-0.3, -0.25) is 14.4 Å². The highest BCUT2D eigenvalue weighted by Gasteiger charge is 2.13. The Morgan fingerprint density at radius 1 is 1.00 bits per heavy atom. The molecule has 2 rings (SSSR count). The number of rotatable bonds is 9. The molecule has 2 aromatic rings. The molecule has 0 unspecified atom stereocenters. The summed E-state index contributed by atoms with van der Waals surface area (Å²) in [6.45, 7) is 4.15. The average molecular weight is 421 g/mol. The minimum atomic E-state index is -0.477. The van der Waals surface area contributed by atoms with Gasteiger partial charge in [0, 0.05) is 23.2 Å². The maximum absolute atomic E-state index is 12.6. The van der Waals surface area contributed by atoms with Gasteiger partial charge in [0.2, 0.25) is 5.91 Å². The molecule has 0 spiro atoms. The fourth-order valence-electron chi connectivity index (χ4n) is 2.79. The summed E-state index contributed by atoms with van der Waals surface area (Å²) in [5.41, 5.74) is 1.98. The van der Waals surface area contributed by atoms with Crippen molar-refractivity contribution >= 4 is 23.5 Å². The fraction of sp³-hybridized carbons (Fsp3) is 0.320. The Bertz CT molecular complexity index is 927. The second-order valence-electron chi connectivity index (χ2n) is 6.79. The minimum absolute atomic E-state index is 0.0518. The molecule has 0 heterocycles. The average Bonchev–Trinajstić information content (AvgIpc) is 2.80. The molecule has 31 heavy (non-hydrogen) atoms. The lowest BCUT2D eigenvalue weighted by molar-refractivity contribution is -0.141. The van der Waals surface area contributed by atoms with Crippen molar-refractivity contribution < 1.29 is 19.1 Å². The summed E-state index contributed by atoms with van der Waals surface area (Å²) in [6.07, 6.45) is 2.29. The third kappa shape index (κ3) is 7.98. The zero-order valence-electron chi connectivity index (χ0n) is 18.0. The Morgan fingerprint density at radius 2 is 1.71 bits per heavy atom. The molecule has 0 bridgehead atoms. The number of nitrogens with one attached hydrogen (secondary N) is 1. The molecule has 0 saturated heterocycles. The van der Waals surface area contributed by atoms with Gasteiger partial charge >= 0.3 is 5.97 Å². The summed E-state index contributed by atoms with van der Waals surface area (Å²) in [4.78, 5) is 37.7. The van der Waals surface area contributed by atoms with Crippen LogP contribution in [0.3, 0.4) is 0 Å². The molecule has 0 atom stereocenters. The first kappa shape index (κ1) is 23.7. The Labute approximate surface area is 183 Å². The fourth-order valence-corrected chi connectivity index (χ4v) is 2.79. The number of benzene rings is 2. The molecular formula is C25H28N2O4. The van der Waals surface area contributed by atoms with E-state index in [2.05, 4.69) is 24.1 Å². The van der Waals surface area contributed by atoms with Crippen LogP contribution in [0.25, 0.3) is 0 Å². The number of carbonyl (C=O) groups is 3. The summed E-state index contributed by atoms with van der Waals surface area (Å²) in [6, 6.07) is 16.3. The number of unbranched alkanes of at least 4 members (excludes halogenated alkanes) is 1. The highest BCUT2D eigenvalue weighted by atomic mass is 16.5. The molecule has 162 valence electrons. The van der Waals surface area contributed by atoms with Gasteiger partial charge in [0.1, 0.15) is 6.54 Å². The summed E-state index contributed by atoms with van der Waals surface area (Å²) in [7, 11) is 0. The predicted molar refractivity (Wildman–Crippen MR) is 121 cm³/mol. The van der Waals surface area contributed by atoms with Crippen molar-refractivity contribution in [3.8, 4) is 11.8 Å². The molecule has 1 N–H and O–H groups in total. The van der Waals surface area contributed by atoms with Crippen LogP contribution in [-0.2, 0) is 14.3 Å². The van der Waals surface area contributed by atoms with Crippen molar-refractivity contribution in [1.82, 2.24) is 5.32 Å². The normalized spacial score (nSPS) is 9.87. The van der Waals surface area contributed by atoms with Crippen molar-refractivity contribution in [3.05, 3.63) is 65.7 Å². The summed E-state index contributed by atoms with van der Waals surface area (Å²) < 4.78 is 4.78. The molecule has 0 saturated carbocycles. The lowest BCUT2D eigenvalue weighted by Crippen LogP contribution is -2.31. The molecule has 0 aliphatic carbocycles. The van der Waals surface area contributed by atoms with Crippen molar-refractivity contribution in [2.45, 2.75) is 33.1 Å². The van der Waals surface area contributed by atoms with Gasteiger partial charge in [0.25, 0.3) is 5.91 Å². The zero-order chi connectivity index (χ0) is 22.5. The predicted octanol–water partition coefficient (Wildman–Crippen LogP) is 3.55. The Kier molecular flexibility index (Phi) is 9.83. The Hall–Kier alpha value is -3.59. The van der Waals surface area contributed by atoms with Crippen LogP contribution in [0.4, 0.5) is 5.69 Å². The maximum Gasteiger partial charge on any atom is 0.325 e. The molecule has 0 aromatic heterocycles. The number of hydrogen-bond acceptors (Lipinski definition) is 4. The van der Waals surface area contributed by atoms with Crippen LogP contribution in [0, 0.1) is 11.8 Å². The van der Waals surface area contributed by atoms with Crippen molar-refractivity contribution in [2.75, 3.05) is 24.6 Å². The SMILES string of the molecule is CCCCC(=O)N(CC#Cc1ccc(C(=O)NCC(=O)OCC)cc1)c1ccccc1. The topological polar surface area (TPSA) is 75.7 Å². The van der Waals surface area contributed by atoms with Crippen LogP contribution >= 0.6 is 0 Å². The van der Waals surface area contributed by atoms with E-state index in [1.54, 1.807) is 36.1 Å². The second kappa shape index (κ2) is 12.9. The van der Waals surface area contributed by atoms with Crippen LogP contribution in [0.2, 0.25) is 0 Å². The second-order valence-corrected chi connectivity index (χ2v) is 6.79. The third-order valence-corrected chi connectivity index (χ3v) is 4.43. The number of amides is 2. The highest BCUT2D eigenvalue weighted by molar-refractivity contribution is 5.96. The van der Waals surface area contributed by atoms with E-state index in [-0.39, 0.29) is 31.5 Å². The molecule has 6 heteroatoms. The Balaban J connectivity index is 2.00. The lowest BCUT2D eigenvalue weighted by Gasteiger charge is -2.20. The summed E-state index contributed by atoms with van der Waals surface area (Å²) in [5.74, 6) is 5.31. The first-order valence-corrected chi connectivity index (χ1v) is 10.4. The van der Waals surface area contributed by atoms with Gasteiger partial charge in [-0.25, -0.2) is 0 Å². The molecule has 2 amide bonds. The quantitative estimate of drug-likeness (QED) is 0.497. The Morgan fingerprint density at radius 3 is 2.35 bits per heavy atom. The van der Waals surface area contributed by atoms with E-state index < -0.39 is 5.97 Å². The summed E-state index contributed by atoms with van der Waals surface area (Å²) >= 11 is 0. The number of nitrogens with zero attached hydrogens (tertiary/aromatic N) is 1.